The van der Waals surface area contributed by atoms with E-state index in [0.29, 0.717) is 6.54 Å². The summed E-state index contributed by atoms with van der Waals surface area (Å²) in [6.07, 6.45) is 0.217. The van der Waals surface area contributed by atoms with Gasteiger partial charge in [-0.3, -0.25) is 4.79 Å². The lowest BCUT2D eigenvalue weighted by atomic mass is 10.1. The van der Waals surface area contributed by atoms with E-state index in [1.807, 2.05) is 60.7 Å². The number of aryl methyl sites for hydroxylation is 1. The number of sulfonamides is 1. The second-order valence-electron chi connectivity index (χ2n) is 7.22. The van der Waals surface area contributed by atoms with Gasteiger partial charge in [0.05, 0.1) is 7.11 Å². The van der Waals surface area contributed by atoms with Crippen LogP contribution in [-0.4, -0.2) is 27.5 Å². The van der Waals surface area contributed by atoms with E-state index in [1.165, 1.54) is 13.2 Å². The molecule has 162 valence electrons. The second kappa shape index (κ2) is 10.2. The molecule has 0 aliphatic carbocycles. The zero-order chi connectivity index (χ0) is 22.3. The largest absolute Gasteiger partial charge is 0.495 e. The van der Waals surface area contributed by atoms with Crippen molar-refractivity contribution in [2.24, 2.45) is 0 Å². The van der Waals surface area contributed by atoms with E-state index >= 15 is 0 Å². The summed E-state index contributed by atoms with van der Waals surface area (Å²) in [6.45, 7) is 2.10. The van der Waals surface area contributed by atoms with Gasteiger partial charge in [-0.05, 0) is 42.2 Å². The van der Waals surface area contributed by atoms with Gasteiger partial charge >= 0.3 is 0 Å². The minimum Gasteiger partial charge on any atom is -0.495 e. The second-order valence-corrected chi connectivity index (χ2v) is 8.90. The van der Waals surface area contributed by atoms with Gasteiger partial charge in [-0.2, -0.15) is 4.72 Å². The van der Waals surface area contributed by atoms with E-state index < -0.39 is 22.0 Å². The van der Waals surface area contributed by atoms with Crippen molar-refractivity contribution in [1.82, 2.24) is 10.0 Å². The first-order valence-electron chi connectivity index (χ1n) is 9.91. The first-order chi connectivity index (χ1) is 14.9. The summed E-state index contributed by atoms with van der Waals surface area (Å²) < 4.78 is 34.2. The highest BCUT2D eigenvalue weighted by atomic mass is 32.2. The van der Waals surface area contributed by atoms with Gasteiger partial charge in [0.15, 0.2) is 0 Å². The van der Waals surface area contributed by atoms with Gasteiger partial charge in [0, 0.05) is 6.54 Å². The van der Waals surface area contributed by atoms with Crippen LogP contribution in [0.15, 0.2) is 83.8 Å². The predicted octanol–water partition coefficient (Wildman–Crippen LogP) is 3.21. The number of rotatable bonds is 9. The van der Waals surface area contributed by atoms with Gasteiger partial charge < -0.3 is 10.1 Å². The molecule has 2 N–H and O–H groups in total. The maximum atomic E-state index is 13.2. The summed E-state index contributed by atoms with van der Waals surface area (Å²) in [6, 6.07) is 22.7. The molecule has 0 aliphatic rings. The quantitative estimate of drug-likeness (QED) is 0.537. The van der Waals surface area contributed by atoms with Crippen molar-refractivity contribution in [2.75, 3.05) is 7.11 Å². The minimum atomic E-state index is -4.01. The summed E-state index contributed by atoms with van der Waals surface area (Å²) >= 11 is 0. The third kappa shape index (κ3) is 6.16. The van der Waals surface area contributed by atoms with E-state index in [2.05, 4.69) is 10.0 Å². The van der Waals surface area contributed by atoms with Crippen LogP contribution in [-0.2, 0) is 27.8 Å². The molecule has 0 radical (unpaired) electrons. The highest BCUT2D eigenvalue weighted by Gasteiger charge is 2.28. The molecule has 0 saturated heterocycles. The smallest absolute Gasteiger partial charge is 0.244 e. The monoisotopic (exact) mass is 438 g/mol. The van der Waals surface area contributed by atoms with Gasteiger partial charge in [0.25, 0.3) is 0 Å². The fourth-order valence-electron chi connectivity index (χ4n) is 3.19. The van der Waals surface area contributed by atoms with Gasteiger partial charge in [0.1, 0.15) is 16.7 Å². The molecule has 3 rings (SSSR count). The number of nitrogens with one attached hydrogen (secondary N) is 2. The Morgan fingerprint density at radius 2 is 1.55 bits per heavy atom. The maximum absolute atomic E-state index is 13.2. The van der Waals surface area contributed by atoms with E-state index in [0.717, 1.165) is 16.7 Å². The Morgan fingerprint density at radius 3 is 2.16 bits per heavy atom. The molecule has 7 heteroatoms. The Balaban J connectivity index is 1.85. The van der Waals surface area contributed by atoms with Crippen molar-refractivity contribution in [3.63, 3.8) is 0 Å². The molecule has 0 aromatic heterocycles. The minimum absolute atomic E-state index is 0.00363. The number of carbonyl (C=O) groups excluding carboxylic acids is 1. The van der Waals surface area contributed by atoms with Crippen molar-refractivity contribution in [3.05, 3.63) is 95.6 Å². The fraction of sp³-hybridized carbons (Fsp3) is 0.208. The molecule has 6 nitrogen and oxygen atoms in total. The van der Waals surface area contributed by atoms with Crippen molar-refractivity contribution in [3.8, 4) is 5.75 Å². The molecule has 3 aromatic rings. The van der Waals surface area contributed by atoms with Crippen LogP contribution in [0.3, 0.4) is 0 Å². The standard InChI is InChI=1S/C24H26N2O4S/c1-18-13-14-22(30-2)23(15-18)31(28,29)26-21(16-19-9-5-3-6-10-19)24(27)25-17-20-11-7-4-8-12-20/h3-15,21,26H,16-17H2,1-2H3,(H,25,27)/t21-/m0/s1. The van der Waals surface area contributed by atoms with Gasteiger partial charge in [-0.15, -0.1) is 0 Å². The normalized spacial score (nSPS) is 12.2. The van der Waals surface area contributed by atoms with E-state index in [4.69, 9.17) is 4.74 Å². The number of hydrogen-bond acceptors (Lipinski definition) is 4. The van der Waals surface area contributed by atoms with Crippen LogP contribution in [0.25, 0.3) is 0 Å². The molecule has 0 heterocycles. The van der Waals surface area contributed by atoms with Crippen molar-refractivity contribution >= 4 is 15.9 Å². The number of amides is 1. The van der Waals surface area contributed by atoms with Crippen LogP contribution in [0.4, 0.5) is 0 Å². The Labute approximate surface area is 183 Å². The summed E-state index contributed by atoms with van der Waals surface area (Å²) in [4.78, 5) is 13.0. The van der Waals surface area contributed by atoms with E-state index in [-0.39, 0.29) is 17.1 Å². The van der Waals surface area contributed by atoms with Crippen LogP contribution in [0.1, 0.15) is 16.7 Å². The fourth-order valence-corrected chi connectivity index (χ4v) is 4.64. The first kappa shape index (κ1) is 22.5. The Morgan fingerprint density at radius 1 is 0.935 bits per heavy atom. The van der Waals surface area contributed by atoms with Crippen molar-refractivity contribution in [1.29, 1.82) is 0 Å². The number of carbonyl (C=O) groups is 1. The SMILES string of the molecule is COc1ccc(C)cc1S(=O)(=O)N[C@@H](Cc1ccccc1)C(=O)NCc1ccccc1. The average Bonchev–Trinajstić information content (AvgIpc) is 2.78. The molecule has 0 spiro atoms. The lowest BCUT2D eigenvalue weighted by molar-refractivity contribution is -0.122. The Hall–Kier alpha value is -3.16. The van der Waals surface area contributed by atoms with Crippen molar-refractivity contribution < 1.29 is 17.9 Å². The zero-order valence-corrected chi connectivity index (χ0v) is 18.4. The van der Waals surface area contributed by atoms with Crippen LogP contribution < -0.4 is 14.8 Å². The number of ether oxygens (including phenoxy) is 1. The summed E-state index contributed by atoms with van der Waals surface area (Å²) in [5.74, 6) is -0.177. The van der Waals surface area contributed by atoms with Gasteiger partial charge in [0.2, 0.25) is 15.9 Å². The highest BCUT2D eigenvalue weighted by Crippen LogP contribution is 2.25. The number of hydrogen-bond donors (Lipinski definition) is 2. The molecule has 1 atom stereocenters. The molecule has 0 aliphatic heterocycles. The average molecular weight is 439 g/mol. The molecule has 0 saturated carbocycles. The molecular formula is C24H26N2O4S. The van der Waals surface area contributed by atoms with Crippen LogP contribution >= 0.6 is 0 Å². The summed E-state index contributed by atoms with van der Waals surface area (Å²) in [7, 11) is -2.59. The molecule has 1 amide bonds. The topological polar surface area (TPSA) is 84.5 Å². The molecular weight excluding hydrogens is 412 g/mol. The van der Waals surface area contributed by atoms with Gasteiger partial charge in [-0.25, -0.2) is 8.42 Å². The van der Waals surface area contributed by atoms with Crippen molar-refractivity contribution in [2.45, 2.75) is 30.8 Å². The molecule has 3 aromatic carbocycles. The number of methoxy groups -OCH3 is 1. The molecule has 31 heavy (non-hydrogen) atoms. The third-order valence-corrected chi connectivity index (χ3v) is 6.31. The molecule has 0 unspecified atom stereocenters. The third-order valence-electron chi connectivity index (χ3n) is 4.81. The zero-order valence-electron chi connectivity index (χ0n) is 17.5. The predicted molar refractivity (Wildman–Crippen MR) is 120 cm³/mol. The lowest BCUT2D eigenvalue weighted by Crippen LogP contribution is -2.47. The summed E-state index contributed by atoms with van der Waals surface area (Å²) in [5.41, 5.74) is 2.55. The van der Waals surface area contributed by atoms with E-state index in [9.17, 15) is 13.2 Å². The lowest BCUT2D eigenvalue weighted by Gasteiger charge is -2.20. The maximum Gasteiger partial charge on any atom is 0.244 e. The first-order valence-corrected chi connectivity index (χ1v) is 11.4. The van der Waals surface area contributed by atoms with Crippen LogP contribution in [0, 0.1) is 6.92 Å². The number of benzene rings is 3. The van der Waals surface area contributed by atoms with Gasteiger partial charge in [-0.1, -0.05) is 66.7 Å². The highest BCUT2D eigenvalue weighted by molar-refractivity contribution is 7.89. The summed E-state index contributed by atoms with van der Waals surface area (Å²) in [5, 5.41) is 2.84. The van der Waals surface area contributed by atoms with E-state index in [1.54, 1.807) is 19.1 Å². The molecule has 0 fully saturated rings. The Kier molecular flexibility index (Phi) is 7.44. The van der Waals surface area contributed by atoms with Crippen LogP contribution in [0.2, 0.25) is 0 Å². The van der Waals surface area contributed by atoms with Crippen LogP contribution in [0.5, 0.6) is 5.75 Å². The Bertz CT molecular complexity index is 1120. The molecule has 0 bridgehead atoms.